The van der Waals surface area contributed by atoms with E-state index in [2.05, 4.69) is 42.0 Å². The molecule has 3 nitrogen and oxygen atoms in total. The Morgan fingerprint density at radius 1 is 1.09 bits per heavy atom. The largest absolute Gasteiger partial charge is 0.493 e. The van der Waals surface area contributed by atoms with Crippen molar-refractivity contribution in [1.29, 1.82) is 0 Å². The number of benzene rings is 1. The summed E-state index contributed by atoms with van der Waals surface area (Å²) >= 11 is 0. The highest BCUT2D eigenvalue weighted by atomic mass is 35.5. The minimum absolute atomic E-state index is 0. The normalized spacial score (nSPS) is 19.4. The summed E-state index contributed by atoms with van der Waals surface area (Å²) in [7, 11) is 2.19. The summed E-state index contributed by atoms with van der Waals surface area (Å²) in [5, 5.41) is 0. The molecule has 2 aliphatic rings. The van der Waals surface area contributed by atoms with E-state index >= 15 is 0 Å². The molecule has 0 amide bonds. The van der Waals surface area contributed by atoms with Crippen LogP contribution in [0.4, 0.5) is 0 Å². The molecule has 0 unspecified atom stereocenters. The van der Waals surface area contributed by atoms with E-state index < -0.39 is 0 Å². The number of likely N-dealkylation sites (tertiary alicyclic amines) is 1. The molecular formula is C18H30Cl2N2O. The second-order valence-electron chi connectivity index (χ2n) is 6.61. The van der Waals surface area contributed by atoms with Crippen LogP contribution >= 0.6 is 24.8 Å². The highest BCUT2D eigenvalue weighted by molar-refractivity contribution is 5.85. The standard InChI is InChI=1S/C18H28N2O.2ClH/c1-3-20-10-6-15(7-11-20)14-21-18-5-4-16-8-9-19(2)13-17(16)12-18;;/h4-5,12,15H,3,6-11,13-14H2,1-2H3;2*1H. The average molecular weight is 361 g/mol. The molecule has 1 aromatic rings. The molecule has 23 heavy (non-hydrogen) atoms. The van der Waals surface area contributed by atoms with Gasteiger partial charge >= 0.3 is 0 Å². The van der Waals surface area contributed by atoms with Crippen LogP contribution in [0.15, 0.2) is 18.2 Å². The van der Waals surface area contributed by atoms with Crippen LogP contribution < -0.4 is 4.74 Å². The lowest BCUT2D eigenvalue weighted by atomic mass is 9.97. The van der Waals surface area contributed by atoms with E-state index in [1.165, 1.54) is 56.6 Å². The van der Waals surface area contributed by atoms with Gasteiger partial charge in [-0.25, -0.2) is 0 Å². The quantitative estimate of drug-likeness (QED) is 0.815. The minimum atomic E-state index is 0. The number of nitrogens with zero attached hydrogens (tertiary/aromatic N) is 2. The van der Waals surface area contributed by atoms with Crippen molar-refractivity contribution in [3.8, 4) is 5.75 Å². The SMILES string of the molecule is CCN1CCC(COc2ccc3c(c2)CN(C)CC3)CC1.Cl.Cl. The number of ether oxygens (including phenoxy) is 1. The molecule has 0 saturated carbocycles. The summed E-state index contributed by atoms with van der Waals surface area (Å²) in [5.74, 6) is 1.79. The van der Waals surface area contributed by atoms with E-state index in [-0.39, 0.29) is 24.8 Å². The second kappa shape index (κ2) is 9.73. The average Bonchev–Trinajstić information content (AvgIpc) is 2.53. The third-order valence-electron chi connectivity index (χ3n) is 5.02. The Morgan fingerprint density at radius 3 is 2.52 bits per heavy atom. The summed E-state index contributed by atoms with van der Waals surface area (Å²) in [4.78, 5) is 4.91. The summed E-state index contributed by atoms with van der Waals surface area (Å²) < 4.78 is 6.08. The fraction of sp³-hybridized carbons (Fsp3) is 0.667. The number of likely N-dealkylation sites (N-methyl/N-ethyl adjacent to an activating group) is 1. The fourth-order valence-electron chi connectivity index (χ4n) is 3.45. The summed E-state index contributed by atoms with van der Waals surface area (Å²) in [6, 6.07) is 6.68. The third-order valence-corrected chi connectivity index (χ3v) is 5.02. The molecule has 3 rings (SSSR count). The molecule has 0 spiro atoms. The molecule has 0 bridgehead atoms. The van der Waals surface area contributed by atoms with Crippen molar-refractivity contribution in [3.05, 3.63) is 29.3 Å². The number of rotatable bonds is 4. The van der Waals surface area contributed by atoms with Crippen LogP contribution in [-0.2, 0) is 13.0 Å². The Labute approximate surface area is 153 Å². The number of halogens is 2. The van der Waals surface area contributed by atoms with Crippen molar-refractivity contribution in [3.63, 3.8) is 0 Å². The number of fused-ring (bicyclic) bond motifs is 1. The van der Waals surface area contributed by atoms with Crippen molar-refractivity contribution < 1.29 is 4.74 Å². The first-order valence-electron chi connectivity index (χ1n) is 8.40. The van der Waals surface area contributed by atoms with Crippen LogP contribution in [0.5, 0.6) is 5.75 Å². The zero-order valence-electron chi connectivity index (χ0n) is 14.3. The van der Waals surface area contributed by atoms with Crippen LogP contribution in [0.2, 0.25) is 0 Å². The molecule has 0 N–H and O–H groups in total. The maximum absolute atomic E-state index is 6.08. The van der Waals surface area contributed by atoms with Crippen molar-refractivity contribution in [2.75, 3.05) is 39.8 Å². The monoisotopic (exact) mass is 360 g/mol. The predicted molar refractivity (Wildman–Crippen MR) is 101 cm³/mol. The molecule has 0 radical (unpaired) electrons. The van der Waals surface area contributed by atoms with Crippen LogP contribution in [0.25, 0.3) is 0 Å². The van der Waals surface area contributed by atoms with Crippen LogP contribution in [0.3, 0.4) is 0 Å². The van der Waals surface area contributed by atoms with Crippen molar-refractivity contribution >= 4 is 24.8 Å². The van der Waals surface area contributed by atoms with E-state index in [1.807, 2.05) is 0 Å². The Balaban J connectivity index is 0.00000132. The van der Waals surface area contributed by atoms with Gasteiger partial charge < -0.3 is 14.5 Å². The predicted octanol–water partition coefficient (Wildman–Crippen LogP) is 3.63. The van der Waals surface area contributed by atoms with E-state index in [0.717, 1.165) is 24.8 Å². The summed E-state index contributed by atoms with van der Waals surface area (Å²) in [5.41, 5.74) is 2.94. The van der Waals surface area contributed by atoms with Gasteiger partial charge in [0.2, 0.25) is 0 Å². The van der Waals surface area contributed by atoms with E-state index in [1.54, 1.807) is 0 Å². The van der Waals surface area contributed by atoms with Gasteiger partial charge in [-0.2, -0.15) is 0 Å². The third kappa shape index (κ3) is 5.53. The van der Waals surface area contributed by atoms with Gasteiger partial charge in [-0.3, -0.25) is 0 Å². The van der Waals surface area contributed by atoms with E-state index in [0.29, 0.717) is 0 Å². The molecule has 2 aliphatic heterocycles. The zero-order chi connectivity index (χ0) is 14.7. The number of hydrogen-bond donors (Lipinski definition) is 0. The molecule has 0 atom stereocenters. The molecule has 132 valence electrons. The van der Waals surface area contributed by atoms with Crippen LogP contribution in [-0.4, -0.2) is 49.6 Å². The topological polar surface area (TPSA) is 15.7 Å². The lowest BCUT2D eigenvalue weighted by Gasteiger charge is -2.31. The Bertz CT molecular complexity index is 476. The maximum Gasteiger partial charge on any atom is 0.119 e. The fourth-order valence-corrected chi connectivity index (χ4v) is 3.45. The first-order chi connectivity index (χ1) is 10.2. The molecular weight excluding hydrogens is 331 g/mol. The Kier molecular flexibility index (Phi) is 8.70. The van der Waals surface area contributed by atoms with Gasteiger partial charge in [0.1, 0.15) is 5.75 Å². The van der Waals surface area contributed by atoms with Gasteiger partial charge in [0, 0.05) is 13.1 Å². The van der Waals surface area contributed by atoms with Crippen LogP contribution in [0.1, 0.15) is 30.9 Å². The maximum atomic E-state index is 6.08. The van der Waals surface area contributed by atoms with Crippen molar-refractivity contribution in [1.82, 2.24) is 9.80 Å². The van der Waals surface area contributed by atoms with Gasteiger partial charge in [-0.05, 0) is 75.1 Å². The highest BCUT2D eigenvalue weighted by Gasteiger charge is 2.19. The lowest BCUT2D eigenvalue weighted by Crippen LogP contribution is -2.35. The van der Waals surface area contributed by atoms with Crippen molar-refractivity contribution in [2.45, 2.75) is 32.7 Å². The van der Waals surface area contributed by atoms with E-state index in [4.69, 9.17) is 4.74 Å². The van der Waals surface area contributed by atoms with Crippen LogP contribution in [0, 0.1) is 5.92 Å². The smallest absolute Gasteiger partial charge is 0.119 e. The minimum Gasteiger partial charge on any atom is -0.493 e. The van der Waals surface area contributed by atoms with Gasteiger partial charge in [0.25, 0.3) is 0 Å². The molecule has 1 aromatic carbocycles. The van der Waals surface area contributed by atoms with Gasteiger partial charge in [0.15, 0.2) is 0 Å². The lowest BCUT2D eigenvalue weighted by molar-refractivity contribution is 0.145. The first kappa shape index (κ1) is 20.6. The van der Waals surface area contributed by atoms with Gasteiger partial charge in [0.05, 0.1) is 6.61 Å². The molecule has 2 heterocycles. The summed E-state index contributed by atoms with van der Waals surface area (Å²) in [6.07, 6.45) is 3.73. The Hall–Kier alpha value is -0.480. The van der Waals surface area contributed by atoms with Gasteiger partial charge in [-0.15, -0.1) is 24.8 Å². The number of piperidine rings is 1. The van der Waals surface area contributed by atoms with E-state index in [9.17, 15) is 0 Å². The first-order valence-corrected chi connectivity index (χ1v) is 8.40. The molecule has 5 heteroatoms. The number of hydrogen-bond acceptors (Lipinski definition) is 3. The second-order valence-corrected chi connectivity index (χ2v) is 6.61. The molecule has 0 aliphatic carbocycles. The molecule has 0 aromatic heterocycles. The summed E-state index contributed by atoms with van der Waals surface area (Å²) in [6.45, 7) is 9.02. The molecule has 1 saturated heterocycles. The van der Waals surface area contributed by atoms with Gasteiger partial charge in [-0.1, -0.05) is 13.0 Å². The highest BCUT2D eigenvalue weighted by Crippen LogP contribution is 2.24. The Morgan fingerprint density at radius 2 is 1.83 bits per heavy atom. The van der Waals surface area contributed by atoms with Crippen molar-refractivity contribution in [2.24, 2.45) is 5.92 Å². The molecule has 1 fully saturated rings. The zero-order valence-corrected chi connectivity index (χ0v) is 15.9.